The van der Waals surface area contributed by atoms with Crippen LogP contribution < -0.4 is 11.0 Å². The molecule has 2 aromatic carbocycles. The Kier molecular flexibility index (Phi) is 4.41. The SMILES string of the molecule is O=C(Cc1nc(-c2ccccn2)n[nH]1)Nn1c2c(c3ccccc3c1=O)C(=O)c1ccccc1-2. The number of hydrogen-bond acceptors (Lipinski definition) is 6. The number of pyridine rings is 2. The molecule has 164 valence electrons. The summed E-state index contributed by atoms with van der Waals surface area (Å²) in [7, 11) is 0. The molecule has 1 aliphatic rings. The largest absolute Gasteiger partial charge is 0.288 e. The molecule has 3 aromatic heterocycles. The summed E-state index contributed by atoms with van der Waals surface area (Å²) in [5.41, 5.74) is 4.69. The van der Waals surface area contributed by atoms with Gasteiger partial charge < -0.3 is 0 Å². The van der Waals surface area contributed by atoms with E-state index in [2.05, 4.69) is 25.6 Å². The number of rotatable bonds is 4. The zero-order chi connectivity index (χ0) is 23.2. The lowest BCUT2D eigenvalue weighted by atomic mass is 10.0. The first kappa shape index (κ1) is 19.7. The van der Waals surface area contributed by atoms with Gasteiger partial charge in [0.25, 0.3) is 5.56 Å². The molecule has 0 fully saturated rings. The van der Waals surface area contributed by atoms with Gasteiger partial charge in [-0.25, -0.2) is 9.66 Å². The maximum Gasteiger partial charge on any atom is 0.277 e. The number of amides is 1. The van der Waals surface area contributed by atoms with Crippen LogP contribution in [0.2, 0.25) is 0 Å². The minimum Gasteiger partial charge on any atom is -0.288 e. The summed E-state index contributed by atoms with van der Waals surface area (Å²) < 4.78 is 1.17. The summed E-state index contributed by atoms with van der Waals surface area (Å²) in [5.74, 6) is 0.0203. The molecule has 0 spiro atoms. The molecule has 0 aliphatic heterocycles. The molecule has 0 atom stereocenters. The fourth-order valence-corrected chi connectivity index (χ4v) is 4.26. The standard InChI is InChI=1S/C25H16N6O3/c32-20(13-19-27-24(29-28-19)18-11-5-6-12-26-18)30-31-22-15-8-2-3-9-16(15)23(33)21(22)14-7-1-4-10-17(14)25(31)34/h1-12H,13H2,(H,30,32)(H,27,28,29). The quantitative estimate of drug-likeness (QED) is 0.428. The van der Waals surface area contributed by atoms with Crippen LogP contribution in [0.5, 0.6) is 0 Å². The minimum absolute atomic E-state index is 0.149. The van der Waals surface area contributed by atoms with Crippen molar-refractivity contribution in [3.63, 3.8) is 0 Å². The summed E-state index contributed by atoms with van der Waals surface area (Å²) in [4.78, 5) is 48.1. The summed E-state index contributed by atoms with van der Waals surface area (Å²) in [6.07, 6.45) is 1.48. The molecular formula is C25H16N6O3. The van der Waals surface area contributed by atoms with Crippen LogP contribution in [0.3, 0.4) is 0 Å². The third-order valence-corrected chi connectivity index (χ3v) is 5.73. The third-order valence-electron chi connectivity index (χ3n) is 5.73. The molecule has 3 heterocycles. The second-order valence-corrected chi connectivity index (χ2v) is 7.82. The Morgan fingerprint density at radius 2 is 1.65 bits per heavy atom. The number of fused-ring (bicyclic) bond motifs is 5. The van der Waals surface area contributed by atoms with Crippen LogP contribution in [0, 0.1) is 0 Å². The van der Waals surface area contributed by atoms with E-state index in [9.17, 15) is 14.4 Å². The number of benzene rings is 2. The van der Waals surface area contributed by atoms with Crippen LogP contribution in [0.15, 0.2) is 77.7 Å². The highest BCUT2D eigenvalue weighted by atomic mass is 16.2. The average molecular weight is 448 g/mol. The number of nitrogens with one attached hydrogen (secondary N) is 2. The van der Waals surface area contributed by atoms with Gasteiger partial charge in [-0.2, -0.15) is 5.10 Å². The summed E-state index contributed by atoms with van der Waals surface area (Å²) in [6.45, 7) is 0. The van der Waals surface area contributed by atoms with Gasteiger partial charge in [0.2, 0.25) is 5.91 Å². The third kappa shape index (κ3) is 3.02. The lowest BCUT2D eigenvalue weighted by Gasteiger charge is -2.15. The van der Waals surface area contributed by atoms with Crippen molar-refractivity contribution >= 4 is 22.5 Å². The first-order valence-electron chi connectivity index (χ1n) is 10.6. The van der Waals surface area contributed by atoms with Crippen molar-refractivity contribution in [2.24, 2.45) is 0 Å². The van der Waals surface area contributed by atoms with Gasteiger partial charge in [-0.15, -0.1) is 0 Å². The molecule has 0 unspecified atom stereocenters. The molecule has 9 nitrogen and oxygen atoms in total. The second kappa shape index (κ2) is 7.59. The Bertz CT molecular complexity index is 1670. The van der Waals surface area contributed by atoms with Crippen LogP contribution in [0.1, 0.15) is 21.7 Å². The van der Waals surface area contributed by atoms with E-state index in [0.717, 1.165) is 0 Å². The van der Waals surface area contributed by atoms with Crippen LogP contribution in [-0.2, 0) is 11.2 Å². The van der Waals surface area contributed by atoms with Gasteiger partial charge in [0.1, 0.15) is 11.5 Å². The zero-order valence-electron chi connectivity index (χ0n) is 17.6. The van der Waals surface area contributed by atoms with E-state index in [0.29, 0.717) is 50.5 Å². The number of carbonyl (C=O) groups excluding carboxylic acids is 2. The summed E-state index contributed by atoms with van der Waals surface area (Å²) in [5, 5.41) is 7.75. The number of nitrogens with zero attached hydrogens (tertiary/aromatic N) is 4. The van der Waals surface area contributed by atoms with E-state index in [1.165, 1.54) is 4.68 Å². The number of hydrogen-bond donors (Lipinski definition) is 2. The van der Waals surface area contributed by atoms with Crippen molar-refractivity contribution < 1.29 is 9.59 Å². The minimum atomic E-state index is -0.486. The normalized spacial score (nSPS) is 11.9. The van der Waals surface area contributed by atoms with Crippen LogP contribution in [-0.4, -0.2) is 36.5 Å². The molecule has 34 heavy (non-hydrogen) atoms. The topological polar surface area (TPSA) is 123 Å². The number of ketones is 1. The maximum atomic E-state index is 13.4. The number of aromatic amines is 1. The molecule has 2 N–H and O–H groups in total. The fraction of sp³-hybridized carbons (Fsp3) is 0.0400. The molecule has 1 aliphatic carbocycles. The Morgan fingerprint density at radius 1 is 0.912 bits per heavy atom. The second-order valence-electron chi connectivity index (χ2n) is 7.82. The Hall–Kier alpha value is -4.92. The molecule has 6 rings (SSSR count). The van der Waals surface area contributed by atoms with E-state index in [1.54, 1.807) is 66.9 Å². The zero-order valence-corrected chi connectivity index (χ0v) is 17.6. The molecule has 0 bridgehead atoms. The van der Waals surface area contributed by atoms with E-state index in [-0.39, 0.29) is 12.2 Å². The average Bonchev–Trinajstić information content (AvgIpc) is 3.45. The van der Waals surface area contributed by atoms with Crippen LogP contribution in [0.25, 0.3) is 33.5 Å². The smallest absolute Gasteiger partial charge is 0.277 e. The van der Waals surface area contributed by atoms with Gasteiger partial charge in [0, 0.05) is 28.1 Å². The first-order chi connectivity index (χ1) is 16.6. The molecule has 1 amide bonds. The Labute approximate surface area is 192 Å². The van der Waals surface area contributed by atoms with E-state index < -0.39 is 11.5 Å². The molecule has 0 saturated carbocycles. The highest BCUT2D eigenvalue weighted by Crippen LogP contribution is 2.38. The molecule has 0 radical (unpaired) electrons. The van der Waals surface area contributed by atoms with Crippen LogP contribution in [0.4, 0.5) is 0 Å². The molecule has 9 heteroatoms. The van der Waals surface area contributed by atoms with Crippen molar-refractivity contribution in [3.8, 4) is 22.8 Å². The van der Waals surface area contributed by atoms with Crippen LogP contribution >= 0.6 is 0 Å². The van der Waals surface area contributed by atoms with E-state index in [4.69, 9.17) is 0 Å². The highest BCUT2D eigenvalue weighted by Gasteiger charge is 2.33. The van der Waals surface area contributed by atoms with Gasteiger partial charge in [0.05, 0.1) is 17.7 Å². The first-order valence-corrected chi connectivity index (χ1v) is 10.6. The summed E-state index contributed by atoms with van der Waals surface area (Å²) in [6, 6.07) is 19.3. The van der Waals surface area contributed by atoms with Crippen molar-refractivity contribution in [2.75, 3.05) is 5.43 Å². The van der Waals surface area contributed by atoms with Gasteiger partial charge in [-0.1, -0.05) is 48.5 Å². The maximum absolute atomic E-state index is 13.4. The number of H-pyrrole nitrogens is 1. The van der Waals surface area contributed by atoms with Gasteiger partial charge >= 0.3 is 0 Å². The van der Waals surface area contributed by atoms with Crippen molar-refractivity contribution in [2.45, 2.75) is 6.42 Å². The monoisotopic (exact) mass is 448 g/mol. The molecule has 0 saturated heterocycles. The Balaban J connectivity index is 1.40. The highest BCUT2D eigenvalue weighted by molar-refractivity contribution is 6.26. The number of aromatic nitrogens is 5. The molecular weight excluding hydrogens is 432 g/mol. The number of carbonyl (C=O) groups is 2. The molecule has 5 aromatic rings. The predicted octanol–water partition coefficient (Wildman–Crippen LogP) is 2.71. The van der Waals surface area contributed by atoms with Crippen molar-refractivity contribution in [1.29, 1.82) is 0 Å². The van der Waals surface area contributed by atoms with Crippen molar-refractivity contribution in [1.82, 2.24) is 24.8 Å². The van der Waals surface area contributed by atoms with E-state index >= 15 is 0 Å². The predicted molar refractivity (Wildman–Crippen MR) is 125 cm³/mol. The van der Waals surface area contributed by atoms with Crippen molar-refractivity contribution in [3.05, 3.63) is 100 Å². The summed E-state index contributed by atoms with van der Waals surface area (Å²) >= 11 is 0. The van der Waals surface area contributed by atoms with Gasteiger partial charge in [-0.05, 0) is 18.2 Å². The Morgan fingerprint density at radius 3 is 2.44 bits per heavy atom. The lowest BCUT2D eigenvalue weighted by Crippen LogP contribution is -2.35. The lowest BCUT2D eigenvalue weighted by molar-refractivity contribution is -0.116. The van der Waals surface area contributed by atoms with E-state index in [1.807, 2.05) is 6.07 Å². The van der Waals surface area contributed by atoms with Gasteiger partial charge in [-0.3, -0.25) is 29.9 Å². The fourth-order valence-electron chi connectivity index (χ4n) is 4.26. The van der Waals surface area contributed by atoms with Gasteiger partial charge in [0.15, 0.2) is 11.6 Å².